The molecule has 3 rings (SSSR count). The molecule has 1 amide bonds. The van der Waals surface area contributed by atoms with Crippen LogP contribution < -0.4 is 10.6 Å². The van der Waals surface area contributed by atoms with E-state index in [2.05, 4.69) is 32.8 Å². The molecule has 1 aromatic heterocycles. The highest BCUT2D eigenvalue weighted by atomic mass is 35.5. The zero-order chi connectivity index (χ0) is 18.2. The highest BCUT2D eigenvalue weighted by Gasteiger charge is 2.21. The summed E-state index contributed by atoms with van der Waals surface area (Å²) >= 11 is 1.78. The van der Waals surface area contributed by atoms with Gasteiger partial charge >= 0.3 is 0 Å². The Bertz CT molecular complexity index is 558. The molecule has 3 heterocycles. The Morgan fingerprint density at radius 2 is 1.93 bits per heavy atom. The molecular weight excluding hydrogens is 415 g/mol. The Morgan fingerprint density at radius 3 is 2.57 bits per heavy atom. The highest BCUT2D eigenvalue weighted by molar-refractivity contribution is 7.09. The zero-order valence-corrected chi connectivity index (χ0v) is 19.4. The number of piperidine rings is 2. The van der Waals surface area contributed by atoms with Gasteiger partial charge < -0.3 is 10.6 Å². The molecule has 0 aliphatic carbocycles. The van der Waals surface area contributed by atoms with Crippen LogP contribution in [-0.4, -0.2) is 48.5 Å². The van der Waals surface area contributed by atoms with Gasteiger partial charge in [-0.2, -0.15) is 0 Å². The van der Waals surface area contributed by atoms with Crippen molar-refractivity contribution in [1.29, 1.82) is 0 Å². The fraction of sp³-hybridized carbons (Fsp3) is 0.800. The lowest BCUT2D eigenvalue weighted by Crippen LogP contribution is -2.38. The van der Waals surface area contributed by atoms with Crippen LogP contribution in [0.1, 0.15) is 56.2 Å². The molecule has 5 nitrogen and oxygen atoms in total. The van der Waals surface area contributed by atoms with Crippen molar-refractivity contribution in [3.8, 4) is 0 Å². The number of nitrogens with one attached hydrogen (secondary N) is 2. The summed E-state index contributed by atoms with van der Waals surface area (Å²) < 4.78 is 0. The van der Waals surface area contributed by atoms with Crippen LogP contribution in [0, 0.1) is 11.8 Å². The first-order chi connectivity index (χ1) is 12.7. The lowest BCUT2D eigenvalue weighted by Gasteiger charge is -2.31. The van der Waals surface area contributed by atoms with Gasteiger partial charge in [0.05, 0.1) is 10.7 Å². The molecule has 2 saturated heterocycles. The SMILES string of the molecule is CCc1nc(CN2CCC(CNC(=O)CCC3CCNCC3)CC2)cs1.Cl.Cl. The number of aromatic nitrogens is 1. The van der Waals surface area contributed by atoms with Gasteiger partial charge in [-0.3, -0.25) is 9.69 Å². The average Bonchev–Trinajstić information content (AvgIpc) is 3.14. The Labute approximate surface area is 186 Å². The van der Waals surface area contributed by atoms with Crippen molar-refractivity contribution in [2.45, 2.75) is 58.4 Å². The van der Waals surface area contributed by atoms with E-state index in [4.69, 9.17) is 0 Å². The summed E-state index contributed by atoms with van der Waals surface area (Å²) in [6, 6.07) is 0. The highest BCUT2D eigenvalue weighted by Crippen LogP contribution is 2.20. The number of thiazole rings is 1. The Morgan fingerprint density at radius 1 is 1.21 bits per heavy atom. The number of carbonyl (C=O) groups is 1. The molecule has 0 spiro atoms. The number of rotatable bonds is 8. The lowest BCUT2D eigenvalue weighted by atomic mass is 9.93. The fourth-order valence-corrected chi connectivity index (χ4v) is 4.75. The van der Waals surface area contributed by atoms with Gasteiger partial charge in [0.15, 0.2) is 0 Å². The normalized spacial score (nSPS) is 18.9. The molecule has 2 aliphatic heterocycles. The minimum absolute atomic E-state index is 0. The number of likely N-dealkylation sites (tertiary alicyclic amines) is 1. The number of hydrogen-bond donors (Lipinski definition) is 2. The molecule has 0 aromatic carbocycles. The van der Waals surface area contributed by atoms with Crippen molar-refractivity contribution in [3.63, 3.8) is 0 Å². The van der Waals surface area contributed by atoms with Crippen LogP contribution in [0.2, 0.25) is 0 Å². The Kier molecular flexibility index (Phi) is 12.6. The lowest BCUT2D eigenvalue weighted by molar-refractivity contribution is -0.121. The minimum Gasteiger partial charge on any atom is -0.356 e. The van der Waals surface area contributed by atoms with E-state index in [1.807, 2.05) is 0 Å². The largest absolute Gasteiger partial charge is 0.356 e. The Balaban J connectivity index is 0.00000196. The van der Waals surface area contributed by atoms with Crippen LogP contribution in [0.15, 0.2) is 5.38 Å². The van der Waals surface area contributed by atoms with Gasteiger partial charge in [0.2, 0.25) is 5.91 Å². The molecule has 2 aliphatic rings. The van der Waals surface area contributed by atoms with Gasteiger partial charge in [-0.05, 0) is 76.5 Å². The van der Waals surface area contributed by atoms with E-state index in [9.17, 15) is 4.79 Å². The predicted octanol–water partition coefficient (Wildman–Crippen LogP) is 3.66. The molecule has 28 heavy (non-hydrogen) atoms. The minimum atomic E-state index is 0. The predicted molar refractivity (Wildman–Crippen MR) is 122 cm³/mol. The van der Waals surface area contributed by atoms with E-state index in [1.165, 1.54) is 36.4 Å². The second-order valence-corrected chi connectivity index (χ2v) is 8.78. The molecule has 1 aromatic rings. The van der Waals surface area contributed by atoms with Gasteiger partial charge in [-0.15, -0.1) is 36.2 Å². The van der Waals surface area contributed by atoms with E-state index in [-0.39, 0.29) is 30.7 Å². The van der Waals surface area contributed by atoms with Gasteiger partial charge in [0, 0.05) is 24.9 Å². The maximum Gasteiger partial charge on any atom is 0.220 e. The summed E-state index contributed by atoms with van der Waals surface area (Å²) in [5.74, 6) is 1.63. The maximum absolute atomic E-state index is 12.1. The third-order valence-electron chi connectivity index (χ3n) is 5.82. The number of carbonyl (C=O) groups excluding carboxylic acids is 1. The summed E-state index contributed by atoms with van der Waals surface area (Å²) in [6.45, 7) is 8.47. The van der Waals surface area contributed by atoms with Crippen molar-refractivity contribution in [3.05, 3.63) is 16.1 Å². The van der Waals surface area contributed by atoms with Crippen molar-refractivity contribution < 1.29 is 4.79 Å². The van der Waals surface area contributed by atoms with E-state index < -0.39 is 0 Å². The van der Waals surface area contributed by atoms with Crippen molar-refractivity contribution in [2.24, 2.45) is 11.8 Å². The van der Waals surface area contributed by atoms with Gasteiger partial charge in [-0.25, -0.2) is 4.98 Å². The summed E-state index contributed by atoms with van der Waals surface area (Å²) in [5, 5.41) is 10.0. The molecule has 0 bridgehead atoms. The molecule has 0 atom stereocenters. The molecule has 162 valence electrons. The molecule has 0 saturated carbocycles. The molecule has 0 unspecified atom stereocenters. The summed E-state index contributed by atoms with van der Waals surface area (Å²) in [7, 11) is 0. The summed E-state index contributed by atoms with van der Waals surface area (Å²) in [4.78, 5) is 19.3. The van der Waals surface area contributed by atoms with Crippen LogP contribution >= 0.6 is 36.2 Å². The van der Waals surface area contributed by atoms with Crippen molar-refractivity contribution >= 4 is 42.1 Å². The monoisotopic (exact) mass is 450 g/mol. The number of halogens is 2. The first-order valence-electron chi connectivity index (χ1n) is 10.4. The first kappa shape index (κ1) is 25.6. The zero-order valence-electron chi connectivity index (χ0n) is 17.0. The third kappa shape index (κ3) is 8.54. The van der Waals surface area contributed by atoms with E-state index in [0.29, 0.717) is 12.3 Å². The van der Waals surface area contributed by atoms with Crippen LogP contribution in [-0.2, 0) is 17.8 Å². The van der Waals surface area contributed by atoms with Crippen molar-refractivity contribution in [1.82, 2.24) is 20.5 Å². The fourth-order valence-electron chi connectivity index (χ4n) is 4.01. The number of aryl methyl sites for hydroxylation is 1. The average molecular weight is 452 g/mol. The summed E-state index contributed by atoms with van der Waals surface area (Å²) in [5.41, 5.74) is 1.22. The third-order valence-corrected chi connectivity index (χ3v) is 6.86. The van der Waals surface area contributed by atoms with E-state index in [0.717, 1.165) is 58.0 Å². The topological polar surface area (TPSA) is 57.3 Å². The van der Waals surface area contributed by atoms with Crippen LogP contribution in [0.25, 0.3) is 0 Å². The quantitative estimate of drug-likeness (QED) is 0.634. The van der Waals surface area contributed by atoms with Crippen LogP contribution in [0.5, 0.6) is 0 Å². The molecular formula is C20H36Cl2N4OS. The smallest absolute Gasteiger partial charge is 0.220 e. The molecule has 8 heteroatoms. The maximum atomic E-state index is 12.1. The van der Waals surface area contributed by atoms with E-state index >= 15 is 0 Å². The number of hydrogen-bond acceptors (Lipinski definition) is 5. The van der Waals surface area contributed by atoms with Crippen molar-refractivity contribution in [2.75, 3.05) is 32.7 Å². The molecule has 2 N–H and O–H groups in total. The Hall–Kier alpha value is -0.400. The molecule has 0 radical (unpaired) electrons. The van der Waals surface area contributed by atoms with E-state index in [1.54, 1.807) is 11.3 Å². The number of nitrogens with zero attached hydrogens (tertiary/aromatic N) is 2. The van der Waals surface area contributed by atoms with Crippen LogP contribution in [0.4, 0.5) is 0 Å². The second-order valence-electron chi connectivity index (χ2n) is 7.84. The van der Waals surface area contributed by atoms with Crippen LogP contribution in [0.3, 0.4) is 0 Å². The number of amides is 1. The van der Waals surface area contributed by atoms with Gasteiger partial charge in [0.1, 0.15) is 0 Å². The van der Waals surface area contributed by atoms with Gasteiger partial charge in [-0.1, -0.05) is 6.92 Å². The molecule has 2 fully saturated rings. The first-order valence-corrected chi connectivity index (χ1v) is 11.2. The summed E-state index contributed by atoms with van der Waals surface area (Å²) in [6.07, 6.45) is 7.60. The second kappa shape index (κ2) is 13.8. The van der Waals surface area contributed by atoms with Gasteiger partial charge in [0.25, 0.3) is 0 Å². The standard InChI is InChI=1S/C20H34N4OS.2ClH/c1-2-20-23-18(15-26-20)14-24-11-7-17(8-12-24)13-22-19(25)4-3-16-5-9-21-10-6-16;;/h15-17,21H,2-14H2,1H3,(H,22,25);2*1H.